The number of benzene rings is 2. The molecular formula is C15H12O4. The maximum Gasteiger partial charge on any atom is 0.177 e. The van der Waals surface area contributed by atoms with Gasteiger partial charge < -0.3 is 14.9 Å². The molecule has 1 unspecified atom stereocenters. The quantitative estimate of drug-likeness (QED) is 0.828. The van der Waals surface area contributed by atoms with Crippen molar-refractivity contribution in [1.82, 2.24) is 0 Å². The number of fused-ring (bicyclic) bond motifs is 1. The summed E-state index contributed by atoms with van der Waals surface area (Å²) in [5.41, 5.74) is -0.372. The molecule has 19 heavy (non-hydrogen) atoms. The first kappa shape index (κ1) is 6.61. The first-order valence-corrected chi connectivity index (χ1v) is 5.46. The summed E-state index contributed by atoms with van der Waals surface area (Å²) >= 11 is 0. The van der Waals surface area contributed by atoms with Gasteiger partial charge in [-0.15, -0.1) is 0 Å². The fourth-order valence-electron chi connectivity index (χ4n) is 1.85. The van der Waals surface area contributed by atoms with Gasteiger partial charge in [-0.05, 0) is 29.8 Å². The van der Waals surface area contributed by atoms with E-state index in [1.54, 1.807) is 0 Å². The molecule has 0 amide bonds. The van der Waals surface area contributed by atoms with E-state index in [0.717, 1.165) is 6.07 Å². The Balaban J connectivity index is 2.19. The Bertz CT molecular complexity index is 898. The van der Waals surface area contributed by atoms with Crippen LogP contribution in [0.1, 0.15) is 30.1 Å². The van der Waals surface area contributed by atoms with Gasteiger partial charge in [-0.1, -0.05) is 12.1 Å². The highest BCUT2D eigenvalue weighted by Gasteiger charge is 2.30. The minimum atomic E-state index is -1.19. The van der Waals surface area contributed by atoms with Gasteiger partial charge in [-0.3, -0.25) is 4.79 Å². The van der Waals surface area contributed by atoms with Crippen molar-refractivity contribution in [3.63, 3.8) is 0 Å². The van der Waals surface area contributed by atoms with E-state index in [1.807, 2.05) is 0 Å². The van der Waals surface area contributed by atoms with Crippen LogP contribution in [0.3, 0.4) is 0 Å². The van der Waals surface area contributed by atoms with E-state index < -0.39 is 59.5 Å². The number of ketones is 1. The largest absolute Gasteiger partial charge is 0.508 e. The van der Waals surface area contributed by atoms with Crippen molar-refractivity contribution in [2.45, 2.75) is 5.92 Å². The summed E-state index contributed by atoms with van der Waals surface area (Å²) in [6.45, 7) is -0.351. The zero-order chi connectivity index (χ0) is 18.6. The van der Waals surface area contributed by atoms with Crippen LogP contribution in [-0.4, -0.2) is 22.6 Å². The second-order valence-corrected chi connectivity index (χ2v) is 4.00. The number of hydrogen-bond acceptors (Lipinski definition) is 4. The van der Waals surface area contributed by atoms with E-state index in [0.29, 0.717) is 0 Å². The molecule has 3 rings (SSSR count). The molecule has 1 atom stereocenters. The number of carbonyl (C=O) groups excluding carboxylic acids is 1. The summed E-state index contributed by atoms with van der Waals surface area (Å²) in [4.78, 5) is 12.8. The van der Waals surface area contributed by atoms with Gasteiger partial charge in [0, 0.05) is 6.04 Å². The summed E-state index contributed by atoms with van der Waals surface area (Å²) in [6.07, 6.45) is 0. The highest BCUT2D eigenvalue weighted by molar-refractivity contribution is 6.04. The molecule has 0 saturated carbocycles. The molecule has 1 aliphatic rings. The smallest absolute Gasteiger partial charge is 0.177 e. The van der Waals surface area contributed by atoms with Gasteiger partial charge in [0.2, 0.25) is 0 Å². The van der Waals surface area contributed by atoms with E-state index >= 15 is 0 Å². The average molecular weight is 262 g/mol. The lowest BCUT2D eigenvalue weighted by atomic mass is 9.89. The maximum absolute atomic E-state index is 12.8. The lowest BCUT2D eigenvalue weighted by Crippen LogP contribution is -2.25. The minimum absolute atomic E-state index is 0.144. The molecule has 1 aliphatic heterocycles. The Hall–Kier alpha value is -2.49. The maximum atomic E-state index is 12.8. The lowest BCUT2D eigenvalue weighted by molar-refractivity contribution is 0.0896. The van der Waals surface area contributed by atoms with Gasteiger partial charge in [-0.25, -0.2) is 0 Å². The van der Waals surface area contributed by atoms with Crippen LogP contribution in [0, 0.1) is 0 Å². The van der Waals surface area contributed by atoms with Crippen LogP contribution in [-0.2, 0) is 0 Å². The second-order valence-electron chi connectivity index (χ2n) is 4.00. The predicted molar refractivity (Wildman–Crippen MR) is 68.8 cm³/mol. The van der Waals surface area contributed by atoms with E-state index in [9.17, 15) is 15.0 Å². The van der Waals surface area contributed by atoms with Crippen molar-refractivity contribution in [2.24, 2.45) is 0 Å². The third-order valence-corrected chi connectivity index (χ3v) is 2.79. The van der Waals surface area contributed by atoms with Crippen LogP contribution in [0.25, 0.3) is 0 Å². The Kier molecular flexibility index (Phi) is 1.50. The molecule has 0 fully saturated rings. The van der Waals surface area contributed by atoms with Crippen molar-refractivity contribution >= 4 is 5.78 Å². The minimum Gasteiger partial charge on any atom is -0.508 e. The number of Topliss-reactive ketones (excluding diaryl/α,β-unsaturated/α-hetero) is 1. The van der Waals surface area contributed by atoms with E-state index in [1.165, 1.54) is 0 Å². The summed E-state index contributed by atoms with van der Waals surface area (Å²) in [5.74, 6) is -3.46. The number of hydrogen-bond donors (Lipinski definition) is 2. The average Bonchev–Trinajstić information content (AvgIpc) is 2.59. The van der Waals surface area contributed by atoms with Crippen LogP contribution in [0.4, 0.5) is 0 Å². The van der Waals surface area contributed by atoms with Crippen molar-refractivity contribution in [3.05, 3.63) is 53.4 Å². The number of aromatic hydroxyl groups is 2. The molecule has 2 aromatic carbocycles. The summed E-state index contributed by atoms with van der Waals surface area (Å²) in [5, 5.41) is 19.2. The van der Waals surface area contributed by atoms with Crippen LogP contribution >= 0.6 is 0 Å². The number of phenolic OH excluding ortho intramolecular Hbond substituents is 2. The zero-order valence-electron chi connectivity index (χ0n) is 15.6. The van der Waals surface area contributed by atoms with E-state index in [4.69, 9.17) is 13.0 Å². The van der Waals surface area contributed by atoms with Gasteiger partial charge >= 0.3 is 0 Å². The molecule has 96 valence electrons. The SMILES string of the molecule is [2H]c1cc2c(c([2H])c1O)OCC(c1c([2H])c([2H])c(O)c([2H])c1[2H])C2=O. The molecule has 2 N–H and O–H groups in total. The molecule has 2 aromatic rings. The first-order chi connectivity index (χ1) is 11.7. The molecule has 1 heterocycles. The standard InChI is InChI=1S/C15H12O4/c16-10-3-1-9(2-4-10)13-8-19-14-7-11(17)5-6-12(14)15(13)18/h1-7,13,16-17H,8H2/i1D,2D,3D,4D,5D,7D. The van der Waals surface area contributed by atoms with Gasteiger partial charge in [-0.2, -0.15) is 0 Å². The van der Waals surface area contributed by atoms with Crippen LogP contribution in [0.15, 0.2) is 42.3 Å². The number of rotatable bonds is 1. The van der Waals surface area contributed by atoms with Crippen LogP contribution < -0.4 is 4.74 Å². The van der Waals surface area contributed by atoms with Gasteiger partial charge in [0.15, 0.2) is 5.78 Å². The Morgan fingerprint density at radius 2 is 1.89 bits per heavy atom. The molecule has 0 saturated heterocycles. The predicted octanol–water partition coefficient (Wildman–Crippen LogP) is 2.46. The fourth-order valence-corrected chi connectivity index (χ4v) is 1.85. The molecule has 0 bridgehead atoms. The molecule has 4 nitrogen and oxygen atoms in total. The molecule has 0 aromatic heterocycles. The first-order valence-electron chi connectivity index (χ1n) is 8.46. The van der Waals surface area contributed by atoms with Crippen molar-refractivity contribution < 1.29 is 28.0 Å². The molecule has 4 heteroatoms. The summed E-state index contributed by atoms with van der Waals surface area (Å²) in [6, 6.07) is -2.34. The Morgan fingerprint density at radius 3 is 2.63 bits per heavy atom. The van der Waals surface area contributed by atoms with Gasteiger partial charge in [0.05, 0.1) is 19.7 Å². The zero-order valence-corrected chi connectivity index (χ0v) is 9.57. The number of carbonyl (C=O) groups is 1. The Morgan fingerprint density at radius 1 is 1.16 bits per heavy atom. The monoisotopic (exact) mass is 262 g/mol. The third-order valence-electron chi connectivity index (χ3n) is 2.79. The number of phenols is 2. The topological polar surface area (TPSA) is 66.8 Å². The Labute approximate surface area is 118 Å². The fraction of sp³-hybridized carbons (Fsp3) is 0.133. The highest BCUT2D eigenvalue weighted by atomic mass is 16.5. The highest BCUT2D eigenvalue weighted by Crippen LogP contribution is 2.34. The summed E-state index contributed by atoms with van der Waals surface area (Å²) < 4.78 is 51.9. The molecule has 0 spiro atoms. The van der Waals surface area contributed by atoms with Crippen LogP contribution in [0.2, 0.25) is 0 Å². The van der Waals surface area contributed by atoms with E-state index in [-0.39, 0.29) is 23.5 Å². The molecule has 0 aliphatic carbocycles. The van der Waals surface area contributed by atoms with Crippen LogP contribution in [0.5, 0.6) is 17.2 Å². The third kappa shape index (κ3) is 2.01. The molecular weight excluding hydrogens is 244 g/mol. The van der Waals surface area contributed by atoms with Crippen molar-refractivity contribution in [2.75, 3.05) is 6.61 Å². The van der Waals surface area contributed by atoms with Crippen molar-refractivity contribution in [3.8, 4) is 17.2 Å². The molecule has 0 radical (unpaired) electrons. The normalized spacial score (nSPS) is 22.1. The van der Waals surface area contributed by atoms with E-state index in [2.05, 4.69) is 0 Å². The van der Waals surface area contributed by atoms with Gasteiger partial charge in [0.25, 0.3) is 0 Å². The number of ether oxygens (including phenoxy) is 1. The second kappa shape index (κ2) is 4.31. The van der Waals surface area contributed by atoms with Crippen molar-refractivity contribution in [1.29, 1.82) is 0 Å². The lowest BCUT2D eigenvalue weighted by Gasteiger charge is -2.24. The van der Waals surface area contributed by atoms with Gasteiger partial charge in [0.1, 0.15) is 23.9 Å². The summed E-state index contributed by atoms with van der Waals surface area (Å²) in [7, 11) is 0.